The summed E-state index contributed by atoms with van der Waals surface area (Å²) < 4.78 is 10.9. The van der Waals surface area contributed by atoms with Gasteiger partial charge >= 0.3 is 11.9 Å². The van der Waals surface area contributed by atoms with Crippen molar-refractivity contribution in [3.8, 4) is 0 Å². The maximum Gasteiger partial charge on any atom is 0.306 e. The molecule has 0 aromatic rings. The fourth-order valence-corrected chi connectivity index (χ4v) is 4.95. The van der Waals surface area contributed by atoms with Crippen LogP contribution in [0, 0.1) is 0 Å². The Labute approximate surface area is 231 Å². The quantitative estimate of drug-likeness (QED) is 0.0721. The van der Waals surface area contributed by atoms with Crippen LogP contribution in [0.15, 0.2) is 0 Å². The Bertz CT molecular complexity index is 485. The number of unbranched alkanes of at least 4 members (excludes halogenated alkanes) is 18. The van der Waals surface area contributed by atoms with Gasteiger partial charge in [0.25, 0.3) is 0 Å². The van der Waals surface area contributed by atoms with Gasteiger partial charge in [0.2, 0.25) is 0 Å². The third-order valence-corrected chi connectivity index (χ3v) is 7.29. The molecule has 0 fully saturated rings. The molecule has 0 radical (unpaired) electrons. The molecule has 0 spiro atoms. The van der Waals surface area contributed by atoms with Crippen LogP contribution in [0.5, 0.6) is 0 Å². The largest absolute Gasteiger partial charge is 0.466 e. The average molecular weight is 525 g/mol. The second-order valence-corrected chi connectivity index (χ2v) is 11.1. The Hall–Kier alpha value is -1.06. The summed E-state index contributed by atoms with van der Waals surface area (Å²) in [6.45, 7) is 7.05. The number of hydrogen-bond acceptors (Lipinski definition) is 4. The first-order valence-electron chi connectivity index (χ1n) is 16.5. The highest BCUT2D eigenvalue weighted by molar-refractivity contribution is 5.70. The van der Waals surface area contributed by atoms with E-state index in [9.17, 15) is 9.59 Å². The van der Waals surface area contributed by atoms with E-state index in [4.69, 9.17) is 9.47 Å². The molecule has 0 aliphatic carbocycles. The van der Waals surface area contributed by atoms with Gasteiger partial charge in [-0.05, 0) is 32.1 Å². The molecule has 220 valence electrons. The van der Waals surface area contributed by atoms with Crippen molar-refractivity contribution in [3.05, 3.63) is 0 Å². The molecular weight excluding hydrogens is 460 g/mol. The third kappa shape index (κ3) is 27.8. The lowest BCUT2D eigenvalue weighted by atomic mass is 10.0. The van der Waals surface area contributed by atoms with Crippen LogP contribution in [0.2, 0.25) is 0 Å². The highest BCUT2D eigenvalue weighted by Crippen LogP contribution is 2.15. The van der Waals surface area contributed by atoms with Crippen molar-refractivity contribution < 1.29 is 19.1 Å². The van der Waals surface area contributed by atoms with E-state index in [0.29, 0.717) is 32.3 Å². The van der Waals surface area contributed by atoms with Crippen molar-refractivity contribution in [1.29, 1.82) is 0 Å². The van der Waals surface area contributed by atoms with Gasteiger partial charge in [0.15, 0.2) is 0 Å². The highest BCUT2D eigenvalue weighted by Gasteiger charge is 2.13. The monoisotopic (exact) mass is 524 g/mol. The predicted octanol–water partition coefficient (Wildman–Crippen LogP) is 10.6. The first kappa shape index (κ1) is 35.9. The SMILES string of the molecule is CCCCCCCCCCCCCCCCCCCCOC(=O)CCCCC(=O)OC(CCC)CCC. The van der Waals surface area contributed by atoms with Gasteiger partial charge in [-0.1, -0.05) is 143 Å². The summed E-state index contributed by atoms with van der Waals surface area (Å²) in [5.41, 5.74) is 0. The summed E-state index contributed by atoms with van der Waals surface area (Å²) in [6.07, 6.45) is 30.6. The standard InChI is InChI=1S/C33H64O4/c1-4-7-8-9-10-11-12-13-14-15-16-17-18-19-20-21-22-25-30-36-32(34)28-23-24-29-33(35)37-31(26-5-2)27-6-3/h31H,4-30H2,1-3H3. The van der Waals surface area contributed by atoms with Crippen LogP contribution in [0.25, 0.3) is 0 Å². The minimum Gasteiger partial charge on any atom is -0.466 e. The Balaban J connectivity index is 3.33. The molecule has 0 rings (SSSR count). The van der Waals surface area contributed by atoms with E-state index in [0.717, 1.165) is 38.5 Å². The third-order valence-electron chi connectivity index (χ3n) is 7.29. The number of ether oxygens (including phenoxy) is 2. The van der Waals surface area contributed by atoms with Crippen LogP contribution >= 0.6 is 0 Å². The first-order chi connectivity index (χ1) is 18.1. The van der Waals surface area contributed by atoms with E-state index in [2.05, 4.69) is 20.8 Å². The van der Waals surface area contributed by atoms with E-state index in [-0.39, 0.29) is 18.0 Å². The van der Waals surface area contributed by atoms with Crippen molar-refractivity contribution in [3.63, 3.8) is 0 Å². The number of esters is 2. The Morgan fingerprint density at radius 1 is 0.459 bits per heavy atom. The van der Waals surface area contributed by atoms with Crippen molar-refractivity contribution in [2.45, 2.75) is 194 Å². The lowest BCUT2D eigenvalue weighted by Crippen LogP contribution is -2.17. The second kappa shape index (κ2) is 29.5. The molecule has 37 heavy (non-hydrogen) atoms. The summed E-state index contributed by atoms with van der Waals surface area (Å²) in [7, 11) is 0. The van der Waals surface area contributed by atoms with E-state index in [1.807, 2.05) is 0 Å². The van der Waals surface area contributed by atoms with E-state index < -0.39 is 0 Å². The summed E-state index contributed by atoms with van der Waals surface area (Å²) in [5, 5.41) is 0. The fourth-order valence-electron chi connectivity index (χ4n) is 4.95. The molecule has 0 saturated carbocycles. The number of carbonyl (C=O) groups excluding carboxylic acids is 2. The van der Waals surface area contributed by atoms with Gasteiger partial charge in [0, 0.05) is 12.8 Å². The minimum absolute atomic E-state index is 0.0573. The van der Waals surface area contributed by atoms with Crippen molar-refractivity contribution in [2.75, 3.05) is 6.61 Å². The molecular formula is C33H64O4. The van der Waals surface area contributed by atoms with Crippen molar-refractivity contribution in [1.82, 2.24) is 0 Å². The molecule has 0 aliphatic rings. The zero-order valence-corrected chi connectivity index (χ0v) is 25.3. The Kier molecular flexibility index (Phi) is 28.7. The molecule has 4 nitrogen and oxygen atoms in total. The van der Waals surface area contributed by atoms with Crippen LogP contribution in [0.1, 0.15) is 188 Å². The topological polar surface area (TPSA) is 52.6 Å². The van der Waals surface area contributed by atoms with E-state index in [1.165, 1.54) is 103 Å². The van der Waals surface area contributed by atoms with Crippen LogP contribution < -0.4 is 0 Å². The molecule has 0 atom stereocenters. The van der Waals surface area contributed by atoms with Gasteiger partial charge < -0.3 is 9.47 Å². The van der Waals surface area contributed by atoms with Crippen molar-refractivity contribution >= 4 is 11.9 Å². The van der Waals surface area contributed by atoms with Gasteiger partial charge in [-0.25, -0.2) is 0 Å². The van der Waals surface area contributed by atoms with Crippen molar-refractivity contribution in [2.24, 2.45) is 0 Å². The van der Waals surface area contributed by atoms with Gasteiger partial charge in [0.05, 0.1) is 6.61 Å². The van der Waals surface area contributed by atoms with Crippen LogP contribution in [-0.2, 0) is 19.1 Å². The molecule has 0 heterocycles. The van der Waals surface area contributed by atoms with E-state index in [1.54, 1.807) is 0 Å². The number of rotatable bonds is 29. The summed E-state index contributed by atoms with van der Waals surface area (Å²) in [6, 6.07) is 0. The van der Waals surface area contributed by atoms with Gasteiger partial charge in [-0.3, -0.25) is 9.59 Å². The van der Waals surface area contributed by atoms with Gasteiger partial charge in [-0.15, -0.1) is 0 Å². The lowest BCUT2D eigenvalue weighted by Gasteiger charge is -2.16. The molecule has 0 aliphatic heterocycles. The van der Waals surface area contributed by atoms with Crippen LogP contribution in [0.3, 0.4) is 0 Å². The molecule has 0 aromatic heterocycles. The highest BCUT2D eigenvalue weighted by atomic mass is 16.5. The fraction of sp³-hybridized carbons (Fsp3) is 0.939. The summed E-state index contributed by atoms with van der Waals surface area (Å²) in [4.78, 5) is 23.8. The lowest BCUT2D eigenvalue weighted by molar-refractivity contribution is -0.150. The zero-order chi connectivity index (χ0) is 27.2. The Morgan fingerprint density at radius 3 is 1.24 bits per heavy atom. The molecule has 0 N–H and O–H groups in total. The van der Waals surface area contributed by atoms with Crippen LogP contribution in [0.4, 0.5) is 0 Å². The molecule has 0 bridgehead atoms. The molecule has 0 unspecified atom stereocenters. The first-order valence-corrected chi connectivity index (χ1v) is 16.5. The predicted molar refractivity (Wildman–Crippen MR) is 158 cm³/mol. The zero-order valence-electron chi connectivity index (χ0n) is 25.3. The molecule has 4 heteroatoms. The molecule has 0 amide bonds. The molecule has 0 saturated heterocycles. The van der Waals surface area contributed by atoms with Gasteiger partial charge in [0.1, 0.15) is 6.10 Å². The number of carbonyl (C=O) groups is 2. The van der Waals surface area contributed by atoms with Crippen LogP contribution in [-0.4, -0.2) is 24.6 Å². The summed E-state index contributed by atoms with van der Waals surface area (Å²) in [5.74, 6) is -0.255. The maximum absolute atomic E-state index is 12.0. The number of hydrogen-bond donors (Lipinski definition) is 0. The molecule has 0 aromatic carbocycles. The average Bonchev–Trinajstić information content (AvgIpc) is 2.88. The smallest absolute Gasteiger partial charge is 0.306 e. The van der Waals surface area contributed by atoms with E-state index >= 15 is 0 Å². The second-order valence-electron chi connectivity index (χ2n) is 11.1. The van der Waals surface area contributed by atoms with Gasteiger partial charge in [-0.2, -0.15) is 0 Å². The minimum atomic E-state index is -0.129. The maximum atomic E-state index is 12.0. The Morgan fingerprint density at radius 2 is 0.838 bits per heavy atom. The summed E-state index contributed by atoms with van der Waals surface area (Å²) >= 11 is 0. The normalized spacial score (nSPS) is 11.2.